The zero-order valence-corrected chi connectivity index (χ0v) is 4.73. The van der Waals surface area contributed by atoms with Crippen LogP contribution in [0, 0.1) is 0 Å². The molecule has 4 nitrogen and oxygen atoms in total. The fourth-order valence-corrected chi connectivity index (χ4v) is 0.329. The maximum atomic E-state index is 9.70. The molecular formula is C5H8O4. The maximum absolute atomic E-state index is 9.70. The van der Waals surface area contributed by atoms with Crippen LogP contribution in [0.3, 0.4) is 0 Å². The number of aliphatic hydroxyl groups is 2. The summed E-state index contributed by atoms with van der Waals surface area (Å²) in [5.41, 5.74) is 0. The van der Waals surface area contributed by atoms with Gasteiger partial charge in [-0.3, -0.25) is 0 Å². The molecule has 0 bridgehead atoms. The normalized spacial score (nSPS) is 16.2. The van der Waals surface area contributed by atoms with Crippen LogP contribution in [0.1, 0.15) is 6.42 Å². The van der Waals surface area contributed by atoms with Crippen LogP contribution in [0.2, 0.25) is 0 Å². The third kappa shape index (κ3) is 2.94. The van der Waals surface area contributed by atoms with E-state index in [1.807, 2.05) is 0 Å². The highest BCUT2D eigenvalue weighted by molar-refractivity contribution is 5.59. The fourth-order valence-electron chi connectivity index (χ4n) is 0.329. The zero-order chi connectivity index (χ0) is 7.28. The molecule has 0 rings (SSSR count). The van der Waals surface area contributed by atoms with Gasteiger partial charge in [-0.1, -0.05) is 0 Å². The number of hydrogen-bond acceptors (Lipinski definition) is 4. The molecule has 0 aromatic rings. The van der Waals surface area contributed by atoms with Gasteiger partial charge >= 0.3 is 0 Å². The highest BCUT2D eigenvalue weighted by Crippen LogP contribution is 1.92. The van der Waals surface area contributed by atoms with Gasteiger partial charge in [-0.15, -0.1) is 0 Å². The monoisotopic (exact) mass is 132 g/mol. The predicted octanol–water partition coefficient (Wildman–Crippen LogP) is -1.50. The lowest BCUT2D eigenvalue weighted by atomic mass is 10.2. The first-order chi connectivity index (χ1) is 4.22. The molecule has 2 N–H and O–H groups in total. The van der Waals surface area contributed by atoms with Crippen LogP contribution < -0.4 is 0 Å². The number of aliphatic hydroxyl groups excluding tert-OH is 2. The highest BCUT2D eigenvalue weighted by Gasteiger charge is 2.13. The molecule has 0 aromatic carbocycles. The number of hydrogen-bond donors (Lipinski definition) is 2. The molecule has 0 aliphatic carbocycles. The van der Waals surface area contributed by atoms with Crippen molar-refractivity contribution in [2.24, 2.45) is 0 Å². The summed E-state index contributed by atoms with van der Waals surface area (Å²) in [4.78, 5) is 19.3. The van der Waals surface area contributed by atoms with E-state index in [1.54, 1.807) is 0 Å². The van der Waals surface area contributed by atoms with Crippen molar-refractivity contribution in [1.29, 1.82) is 0 Å². The van der Waals surface area contributed by atoms with Crippen molar-refractivity contribution >= 4 is 12.6 Å². The van der Waals surface area contributed by atoms with Gasteiger partial charge in [-0.05, 0) is 0 Å². The van der Waals surface area contributed by atoms with E-state index < -0.39 is 12.2 Å². The van der Waals surface area contributed by atoms with E-state index in [0.717, 1.165) is 0 Å². The first-order valence-corrected chi connectivity index (χ1v) is 2.47. The molecule has 0 aliphatic rings. The molecule has 9 heavy (non-hydrogen) atoms. The minimum Gasteiger partial charge on any atom is -0.390 e. The Morgan fingerprint density at radius 1 is 1.33 bits per heavy atom. The zero-order valence-electron chi connectivity index (χ0n) is 4.73. The van der Waals surface area contributed by atoms with E-state index in [1.165, 1.54) is 0 Å². The lowest BCUT2D eigenvalue weighted by Gasteiger charge is -2.06. The molecule has 0 aliphatic heterocycles. The van der Waals surface area contributed by atoms with Crippen LogP contribution in [-0.2, 0) is 9.59 Å². The van der Waals surface area contributed by atoms with Crippen molar-refractivity contribution in [2.75, 3.05) is 0 Å². The van der Waals surface area contributed by atoms with Gasteiger partial charge in [0, 0.05) is 6.42 Å². The molecule has 4 heteroatoms. The maximum Gasteiger partial charge on any atom is 0.151 e. The predicted molar refractivity (Wildman–Crippen MR) is 28.8 cm³/mol. The molecule has 0 saturated heterocycles. The number of aldehydes is 2. The second-order valence-corrected chi connectivity index (χ2v) is 1.60. The molecule has 0 unspecified atom stereocenters. The summed E-state index contributed by atoms with van der Waals surface area (Å²) in [6.45, 7) is 0. The number of carbonyl (C=O) groups excluding carboxylic acids is 2. The van der Waals surface area contributed by atoms with Gasteiger partial charge in [0.1, 0.15) is 12.4 Å². The molecule has 0 amide bonds. The summed E-state index contributed by atoms with van der Waals surface area (Å²) in [7, 11) is 0. The lowest BCUT2D eigenvalue weighted by Crippen LogP contribution is -2.27. The Balaban J connectivity index is 3.56. The molecule has 2 atom stereocenters. The van der Waals surface area contributed by atoms with Crippen LogP contribution in [-0.4, -0.2) is 35.0 Å². The average molecular weight is 132 g/mol. The van der Waals surface area contributed by atoms with E-state index in [0.29, 0.717) is 6.29 Å². The van der Waals surface area contributed by atoms with Gasteiger partial charge in [-0.25, -0.2) is 0 Å². The second-order valence-electron chi connectivity index (χ2n) is 1.60. The Morgan fingerprint density at radius 3 is 2.22 bits per heavy atom. The van der Waals surface area contributed by atoms with E-state index in [2.05, 4.69) is 0 Å². The summed E-state index contributed by atoms with van der Waals surface area (Å²) < 4.78 is 0. The molecule has 52 valence electrons. The third-order valence-electron chi connectivity index (χ3n) is 0.871. The van der Waals surface area contributed by atoms with Crippen molar-refractivity contribution in [3.05, 3.63) is 0 Å². The SMILES string of the molecule is O=CC[C@H](O)[C@H](O)C=O. The Bertz CT molecular complexity index is 101. The molecule has 0 radical (unpaired) electrons. The minimum absolute atomic E-state index is 0.189. The van der Waals surface area contributed by atoms with Crippen LogP contribution in [0.4, 0.5) is 0 Å². The molecule has 0 saturated carbocycles. The first kappa shape index (κ1) is 8.26. The van der Waals surface area contributed by atoms with Crippen LogP contribution >= 0.6 is 0 Å². The van der Waals surface area contributed by atoms with Crippen molar-refractivity contribution in [3.8, 4) is 0 Å². The smallest absolute Gasteiger partial charge is 0.151 e. The van der Waals surface area contributed by atoms with Crippen molar-refractivity contribution in [3.63, 3.8) is 0 Å². The summed E-state index contributed by atoms with van der Waals surface area (Å²) >= 11 is 0. The van der Waals surface area contributed by atoms with Crippen LogP contribution in [0.5, 0.6) is 0 Å². The minimum atomic E-state index is -1.44. The van der Waals surface area contributed by atoms with Gasteiger partial charge < -0.3 is 19.8 Å². The fraction of sp³-hybridized carbons (Fsp3) is 0.600. The largest absolute Gasteiger partial charge is 0.390 e. The Labute approximate surface area is 52.1 Å². The molecule has 0 spiro atoms. The highest BCUT2D eigenvalue weighted by atomic mass is 16.3. The van der Waals surface area contributed by atoms with E-state index >= 15 is 0 Å². The quantitative estimate of drug-likeness (QED) is 0.456. The second kappa shape index (κ2) is 4.17. The number of rotatable bonds is 4. The topological polar surface area (TPSA) is 74.6 Å². The van der Waals surface area contributed by atoms with Gasteiger partial charge in [0.15, 0.2) is 6.29 Å². The van der Waals surface area contributed by atoms with E-state index in [-0.39, 0.29) is 12.7 Å². The third-order valence-corrected chi connectivity index (χ3v) is 0.871. The lowest BCUT2D eigenvalue weighted by molar-refractivity contribution is -0.122. The van der Waals surface area contributed by atoms with Crippen molar-refractivity contribution in [2.45, 2.75) is 18.6 Å². The Hall–Kier alpha value is -0.740. The summed E-state index contributed by atoms with van der Waals surface area (Å²) in [5.74, 6) is 0. The standard InChI is InChI=1S/C5H8O4/c6-2-1-4(8)5(9)3-7/h2-5,8-9H,1H2/t4-,5+/m0/s1. The van der Waals surface area contributed by atoms with Crippen molar-refractivity contribution < 1.29 is 19.8 Å². The molecular weight excluding hydrogens is 124 g/mol. The van der Waals surface area contributed by atoms with Gasteiger partial charge in [0.2, 0.25) is 0 Å². The van der Waals surface area contributed by atoms with E-state index in [9.17, 15) is 9.59 Å². The first-order valence-electron chi connectivity index (χ1n) is 2.47. The van der Waals surface area contributed by atoms with Gasteiger partial charge in [-0.2, -0.15) is 0 Å². The molecule has 0 heterocycles. The van der Waals surface area contributed by atoms with Gasteiger partial charge in [0.25, 0.3) is 0 Å². The van der Waals surface area contributed by atoms with Crippen molar-refractivity contribution in [1.82, 2.24) is 0 Å². The summed E-state index contributed by atoms with van der Waals surface area (Å²) in [5, 5.41) is 17.1. The Morgan fingerprint density at radius 2 is 1.89 bits per heavy atom. The summed E-state index contributed by atoms with van der Waals surface area (Å²) in [6, 6.07) is 0. The number of carbonyl (C=O) groups is 2. The van der Waals surface area contributed by atoms with Crippen LogP contribution in [0.25, 0.3) is 0 Å². The van der Waals surface area contributed by atoms with Crippen LogP contribution in [0.15, 0.2) is 0 Å². The summed E-state index contributed by atoms with van der Waals surface area (Å²) in [6.07, 6.45) is -2.26. The Kier molecular flexibility index (Phi) is 3.83. The molecule has 0 fully saturated rings. The molecule has 0 aromatic heterocycles. The van der Waals surface area contributed by atoms with Gasteiger partial charge in [0.05, 0.1) is 6.10 Å². The van der Waals surface area contributed by atoms with E-state index in [4.69, 9.17) is 10.2 Å². The average Bonchev–Trinajstić information content (AvgIpc) is 1.87.